The van der Waals surface area contributed by atoms with Crippen molar-refractivity contribution in [1.82, 2.24) is 4.90 Å². The van der Waals surface area contributed by atoms with Crippen LogP contribution in [0.2, 0.25) is 0 Å². The number of carbonyl (C=O) groups is 1. The maximum Gasteiger partial charge on any atom is 0.169 e. The van der Waals surface area contributed by atoms with Crippen molar-refractivity contribution < 1.29 is 9.53 Å². The maximum absolute atomic E-state index is 10.9. The van der Waals surface area contributed by atoms with Crippen molar-refractivity contribution in [3.63, 3.8) is 0 Å². The molecule has 0 amide bonds. The third kappa shape index (κ3) is 2.82. The molecule has 11 heavy (non-hydrogen) atoms. The summed E-state index contributed by atoms with van der Waals surface area (Å²) in [5.74, 6) is 0.0897. The SMILES string of the molecule is C=CC(=O)CN1CCOCC1. The molecule has 1 rings (SSSR count). The normalized spacial score (nSPS) is 19.6. The molecule has 3 nitrogen and oxygen atoms in total. The Hall–Kier alpha value is -0.670. The third-order valence-corrected chi connectivity index (χ3v) is 1.71. The maximum atomic E-state index is 10.9. The number of carbonyl (C=O) groups excluding carboxylic acids is 1. The van der Waals surface area contributed by atoms with Gasteiger partial charge >= 0.3 is 0 Å². The van der Waals surface area contributed by atoms with Gasteiger partial charge in [0.2, 0.25) is 0 Å². The van der Waals surface area contributed by atoms with E-state index in [1.165, 1.54) is 6.08 Å². The average Bonchev–Trinajstić information content (AvgIpc) is 2.06. The van der Waals surface area contributed by atoms with Crippen LogP contribution in [0.5, 0.6) is 0 Å². The van der Waals surface area contributed by atoms with E-state index in [1.807, 2.05) is 0 Å². The van der Waals surface area contributed by atoms with Crippen LogP contribution in [0.4, 0.5) is 0 Å². The minimum absolute atomic E-state index is 0.0897. The number of hydrogen-bond donors (Lipinski definition) is 0. The number of nitrogens with zero attached hydrogens (tertiary/aromatic N) is 1. The van der Waals surface area contributed by atoms with Crippen LogP contribution in [0.15, 0.2) is 12.7 Å². The topological polar surface area (TPSA) is 29.5 Å². The van der Waals surface area contributed by atoms with Crippen LogP contribution in [0.3, 0.4) is 0 Å². The lowest BCUT2D eigenvalue weighted by atomic mass is 10.3. The Morgan fingerprint density at radius 3 is 2.73 bits per heavy atom. The largest absolute Gasteiger partial charge is 0.379 e. The van der Waals surface area contributed by atoms with Crippen LogP contribution in [0, 0.1) is 0 Å². The molecule has 1 fully saturated rings. The molecule has 1 heterocycles. The lowest BCUT2D eigenvalue weighted by Crippen LogP contribution is -2.39. The van der Waals surface area contributed by atoms with Crippen molar-refractivity contribution in [2.45, 2.75) is 0 Å². The Morgan fingerprint density at radius 2 is 2.18 bits per heavy atom. The number of ether oxygens (including phenoxy) is 1. The lowest BCUT2D eigenvalue weighted by molar-refractivity contribution is -0.116. The number of rotatable bonds is 3. The molecule has 0 unspecified atom stereocenters. The van der Waals surface area contributed by atoms with Gasteiger partial charge in [-0.05, 0) is 6.08 Å². The first-order valence-corrected chi connectivity index (χ1v) is 3.78. The monoisotopic (exact) mass is 155 g/mol. The minimum atomic E-state index is 0.0897. The van der Waals surface area contributed by atoms with Gasteiger partial charge in [0.15, 0.2) is 5.78 Å². The average molecular weight is 155 g/mol. The van der Waals surface area contributed by atoms with Gasteiger partial charge in [0.05, 0.1) is 19.8 Å². The molecule has 0 bridgehead atoms. The number of ketones is 1. The highest BCUT2D eigenvalue weighted by Crippen LogP contribution is 1.95. The Labute approximate surface area is 66.6 Å². The molecule has 3 heteroatoms. The second-order valence-electron chi connectivity index (χ2n) is 2.56. The first-order chi connectivity index (χ1) is 5.33. The van der Waals surface area contributed by atoms with Crippen molar-refractivity contribution in [3.8, 4) is 0 Å². The van der Waals surface area contributed by atoms with Gasteiger partial charge < -0.3 is 4.74 Å². The summed E-state index contributed by atoms with van der Waals surface area (Å²) in [5, 5.41) is 0. The molecule has 0 aromatic heterocycles. The predicted octanol–water partition coefficient (Wildman–Crippen LogP) is 0.0737. The molecule has 0 aliphatic carbocycles. The molecule has 1 saturated heterocycles. The first-order valence-electron chi connectivity index (χ1n) is 3.78. The van der Waals surface area contributed by atoms with Gasteiger partial charge in [0.25, 0.3) is 0 Å². The molecule has 0 atom stereocenters. The van der Waals surface area contributed by atoms with E-state index in [1.54, 1.807) is 0 Å². The zero-order chi connectivity index (χ0) is 8.10. The fraction of sp³-hybridized carbons (Fsp3) is 0.625. The van der Waals surface area contributed by atoms with Crippen molar-refractivity contribution in [2.24, 2.45) is 0 Å². The second-order valence-corrected chi connectivity index (χ2v) is 2.56. The van der Waals surface area contributed by atoms with E-state index in [0.717, 1.165) is 26.3 Å². The summed E-state index contributed by atoms with van der Waals surface area (Å²) >= 11 is 0. The van der Waals surface area contributed by atoms with Gasteiger partial charge in [0, 0.05) is 13.1 Å². The van der Waals surface area contributed by atoms with Crippen molar-refractivity contribution in [1.29, 1.82) is 0 Å². The number of morpholine rings is 1. The van der Waals surface area contributed by atoms with E-state index >= 15 is 0 Å². The number of hydrogen-bond acceptors (Lipinski definition) is 3. The minimum Gasteiger partial charge on any atom is -0.379 e. The van der Waals surface area contributed by atoms with Gasteiger partial charge in [-0.3, -0.25) is 9.69 Å². The first kappa shape index (κ1) is 8.43. The summed E-state index contributed by atoms with van der Waals surface area (Å²) in [4.78, 5) is 13.0. The quantitative estimate of drug-likeness (QED) is 0.540. The fourth-order valence-electron chi connectivity index (χ4n) is 1.04. The summed E-state index contributed by atoms with van der Waals surface area (Å²) in [6.45, 7) is 7.11. The molecule has 0 radical (unpaired) electrons. The van der Waals surface area contributed by atoms with E-state index < -0.39 is 0 Å². The summed E-state index contributed by atoms with van der Waals surface area (Å²) in [7, 11) is 0. The van der Waals surface area contributed by atoms with E-state index in [2.05, 4.69) is 11.5 Å². The summed E-state index contributed by atoms with van der Waals surface area (Å²) in [5.41, 5.74) is 0. The Morgan fingerprint density at radius 1 is 1.55 bits per heavy atom. The molecule has 0 spiro atoms. The van der Waals surface area contributed by atoms with Gasteiger partial charge in [-0.15, -0.1) is 0 Å². The van der Waals surface area contributed by atoms with Gasteiger partial charge in [-0.25, -0.2) is 0 Å². The molecule has 0 aromatic carbocycles. The molecule has 1 aliphatic rings. The molecule has 0 aromatic rings. The highest BCUT2D eigenvalue weighted by molar-refractivity contribution is 5.90. The smallest absolute Gasteiger partial charge is 0.169 e. The van der Waals surface area contributed by atoms with E-state index in [0.29, 0.717) is 6.54 Å². The van der Waals surface area contributed by atoms with Crippen molar-refractivity contribution in [2.75, 3.05) is 32.8 Å². The molecule has 0 N–H and O–H groups in total. The van der Waals surface area contributed by atoms with E-state index in [9.17, 15) is 4.79 Å². The second kappa shape index (κ2) is 4.26. The predicted molar refractivity (Wildman–Crippen MR) is 42.5 cm³/mol. The van der Waals surface area contributed by atoms with Crippen molar-refractivity contribution in [3.05, 3.63) is 12.7 Å². The van der Waals surface area contributed by atoms with Crippen LogP contribution in [-0.2, 0) is 9.53 Å². The van der Waals surface area contributed by atoms with Gasteiger partial charge in [-0.1, -0.05) is 6.58 Å². The zero-order valence-electron chi connectivity index (χ0n) is 6.58. The highest BCUT2D eigenvalue weighted by Gasteiger charge is 2.11. The molecule has 1 aliphatic heterocycles. The van der Waals surface area contributed by atoms with E-state index in [4.69, 9.17) is 4.74 Å². The molecular formula is C8H13NO2. The van der Waals surface area contributed by atoms with Crippen LogP contribution in [0.25, 0.3) is 0 Å². The summed E-state index contributed by atoms with van der Waals surface area (Å²) in [6.07, 6.45) is 1.37. The van der Waals surface area contributed by atoms with Crippen LogP contribution >= 0.6 is 0 Å². The summed E-state index contributed by atoms with van der Waals surface area (Å²) < 4.78 is 5.14. The fourth-order valence-corrected chi connectivity index (χ4v) is 1.04. The van der Waals surface area contributed by atoms with Crippen molar-refractivity contribution >= 4 is 5.78 Å². The third-order valence-electron chi connectivity index (χ3n) is 1.71. The Kier molecular flexibility index (Phi) is 3.26. The van der Waals surface area contributed by atoms with Gasteiger partial charge in [0.1, 0.15) is 0 Å². The Bertz CT molecular complexity index is 150. The molecular weight excluding hydrogens is 142 g/mol. The standard InChI is InChI=1S/C8H13NO2/c1-2-8(10)7-9-3-5-11-6-4-9/h2H,1,3-7H2. The van der Waals surface area contributed by atoms with E-state index in [-0.39, 0.29) is 5.78 Å². The van der Waals surface area contributed by atoms with Crippen LogP contribution in [0.1, 0.15) is 0 Å². The lowest BCUT2D eigenvalue weighted by Gasteiger charge is -2.25. The van der Waals surface area contributed by atoms with Gasteiger partial charge in [-0.2, -0.15) is 0 Å². The molecule has 62 valence electrons. The molecule has 0 saturated carbocycles. The highest BCUT2D eigenvalue weighted by atomic mass is 16.5. The summed E-state index contributed by atoms with van der Waals surface area (Å²) in [6, 6.07) is 0. The van der Waals surface area contributed by atoms with Crippen LogP contribution < -0.4 is 0 Å². The Balaban J connectivity index is 2.24. The van der Waals surface area contributed by atoms with Crippen LogP contribution in [-0.4, -0.2) is 43.5 Å². The zero-order valence-corrected chi connectivity index (χ0v) is 6.58.